The molecule has 112 valence electrons. The maximum Gasteiger partial charge on any atom is 0.0474 e. The minimum absolute atomic E-state index is 0.307. The lowest BCUT2D eigenvalue weighted by Gasteiger charge is -2.27. The van der Waals surface area contributed by atoms with Crippen molar-refractivity contribution in [2.75, 3.05) is 18.0 Å². The molecule has 1 saturated carbocycles. The molecule has 0 heterocycles. The van der Waals surface area contributed by atoms with Crippen LogP contribution in [0.5, 0.6) is 0 Å². The van der Waals surface area contributed by atoms with E-state index in [1.54, 1.807) is 0 Å². The van der Waals surface area contributed by atoms with Crippen LogP contribution in [0, 0.1) is 5.92 Å². The van der Waals surface area contributed by atoms with Gasteiger partial charge in [0.1, 0.15) is 0 Å². The predicted octanol–water partition coefficient (Wildman–Crippen LogP) is 4.64. The van der Waals surface area contributed by atoms with Crippen molar-refractivity contribution >= 4 is 17.3 Å². The van der Waals surface area contributed by atoms with Crippen LogP contribution in [0.15, 0.2) is 18.2 Å². The highest BCUT2D eigenvalue weighted by atomic mass is 35.5. The zero-order valence-corrected chi connectivity index (χ0v) is 13.9. The summed E-state index contributed by atoms with van der Waals surface area (Å²) >= 11 is 6.50. The Bertz CT molecular complexity index is 441. The predicted molar refractivity (Wildman–Crippen MR) is 88.7 cm³/mol. The second-order valence-electron chi connectivity index (χ2n) is 6.26. The molecule has 0 amide bonds. The van der Waals surface area contributed by atoms with Crippen molar-refractivity contribution in [1.29, 1.82) is 0 Å². The monoisotopic (exact) mass is 294 g/mol. The molecule has 1 atom stereocenters. The van der Waals surface area contributed by atoms with Gasteiger partial charge < -0.3 is 10.2 Å². The summed E-state index contributed by atoms with van der Waals surface area (Å²) in [7, 11) is 0. The molecule has 1 aliphatic rings. The smallest absolute Gasteiger partial charge is 0.0474 e. The van der Waals surface area contributed by atoms with Gasteiger partial charge in [0.05, 0.1) is 0 Å². The largest absolute Gasteiger partial charge is 0.368 e. The molecule has 1 aromatic rings. The van der Waals surface area contributed by atoms with Crippen LogP contribution in [-0.2, 0) is 0 Å². The lowest BCUT2D eigenvalue weighted by molar-refractivity contribution is 0.596. The third-order valence-electron chi connectivity index (χ3n) is 3.84. The van der Waals surface area contributed by atoms with E-state index in [1.807, 2.05) is 0 Å². The Hall–Kier alpha value is -0.730. The molecule has 0 saturated heterocycles. The second-order valence-corrected chi connectivity index (χ2v) is 6.67. The van der Waals surface area contributed by atoms with Gasteiger partial charge in [-0.2, -0.15) is 0 Å². The number of nitrogens with one attached hydrogen (secondary N) is 1. The van der Waals surface area contributed by atoms with Crippen LogP contribution in [0.25, 0.3) is 0 Å². The van der Waals surface area contributed by atoms with E-state index in [0.29, 0.717) is 12.0 Å². The normalized spacial score (nSPS) is 16.5. The minimum Gasteiger partial charge on any atom is -0.368 e. The van der Waals surface area contributed by atoms with Crippen molar-refractivity contribution < 1.29 is 0 Å². The van der Waals surface area contributed by atoms with Crippen molar-refractivity contribution in [2.45, 2.75) is 52.6 Å². The van der Waals surface area contributed by atoms with Gasteiger partial charge >= 0.3 is 0 Å². The summed E-state index contributed by atoms with van der Waals surface area (Å²) < 4.78 is 0. The molecule has 3 heteroatoms. The Morgan fingerprint density at radius 2 is 2.00 bits per heavy atom. The van der Waals surface area contributed by atoms with Crippen molar-refractivity contribution in [2.24, 2.45) is 5.92 Å². The summed E-state index contributed by atoms with van der Waals surface area (Å²) in [4.78, 5) is 2.53. The Balaban J connectivity index is 2.18. The van der Waals surface area contributed by atoms with Gasteiger partial charge in [0.25, 0.3) is 0 Å². The third-order valence-corrected chi connectivity index (χ3v) is 4.17. The van der Waals surface area contributed by atoms with E-state index < -0.39 is 0 Å². The quantitative estimate of drug-likeness (QED) is 0.788. The molecule has 0 aliphatic heterocycles. The SMILES string of the molecule is CCNC(C)c1ccc(N(CC(C)C)C2CC2)cc1Cl. The number of rotatable bonds is 7. The number of anilines is 1. The van der Waals surface area contributed by atoms with E-state index in [9.17, 15) is 0 Å². The van der Waals surface area contributed by atoms with Crippen LogP contribution >= 0.6 is 11.6 Å². The number of hydrogen-bond acceptors (Lipinski definition) is 2. The molecule has 20 heavy (non-hydrogen) atoms. The zero-order valence-electron chi connectivity index (χ0n) is 13.1. The van der Waals surface area contributed by atoms with Crippen LogP contribution in [0.4, 0.5) is 5.69 Å². The molecule has 1 N–H and O–H groups in total. The Kier molecular flexibility index (Phi) is 5.34. The van der Waals surface area contributed by atoms with E-state index in [-0.39, 0.29) is 0 Å². The summed E-state index contributed by atoms with van der Waals surface area (Å²) in [5, 5.41) is 4.30. The van der Waals surface area contributed by atoms with Gasteiger partial charge in [-0.25, -0.2) is 0 Å². The Morgan fingerprint density at radius 1 is 1.30 bits per heavy atom. The average molecular weight is 295 g/mol. The topological polar surface area (TPSA) is 15.3 Å². The van der Waals surface area contributed by atoms with Crippen LogP contribution in [-0.4, -0.2) is 19.1 Å². The highest BCUT2D eigenvalue weighted by Crippen LogP contribution is 2.35. The fourth-order valence-electron chi connectivity index (χ4n) is 2.71. The number of hydrogen-bond donors (Lipinski definition) is 1. The number of benzene rings is 1. The van der Waals surface area contributed by atoms with Crippen molar-refractivity contribution in [3.8, 4) is 0 Å². The first-order valence-corrected chi connectivity index (χ1v) is 8.20. The standard InChI is InChI=1S/C17H27ClN2/c1-5-19-13(4)16-9-8-15(10-17(16)18)20(11-12(2)3)14-6-7-14/h8-10,12-14,19H,5-7,11H2,1-4H3. The average Bonchev–Trinajstić information content (AvgIpc) is 3.20. The summed E-state index contributed by atoms with van der Waals surface area (Å²) in [5.41, 5.74) is 2.47. The van der Waals surface area contributed by atoms with Gasteiger partial charge in [-0.15, -0.1) is 0 Å². The first kappa shape index (κ1) is 15.7. The van der Waals surface area contributed by atoms with Crippen molar-refractivity contribution in [3.05, 3.63) is 28.8 Å². The molecule has 0 bridgehead atoms. The van der Waals surface area contributed by atoms with Gasteiger partial charge in [-0.3, -0.25) is 0 Å². The maximum atomic E-state index is 6.50. The second kappa shape index (κ2) is 6.82. The molecular weight excluding hydrogens is 268 g/mol. The summed E-state index contributed by atoms with van der Waals surface area (Å²) in [6.07, 6.45) is 2.64. The molecular formula is C17H27ClN2. The van der Waals surface area contributed by atoms with E-state index in [4.69, 9.17) is 11.6 Å². The number of nitrogens with zero attached hydrogens (tertiary/aromatic N) is 1. The molecule has 1 aromatic carbocycles. The first-order chi connectivity index (χ1) is 9.52. The minimum atomic E-state index is 0.307. The molecule has 0 aromatic heterocycles. The van der Waals surface area contributed by atoms with E-state index in [1.165, 1.54) is 24.1 Å². The van der Waals surface area contributed by atoms with Gasteiger partial charge in [0.15, 0.2) is 0 Å². The lowest BCUT2D eigenvalue weighted by Crippen LogP contribution is -2.29. The highest BCUT2D eigenvalue weighted by molar-refractivity contribution is 6.31. The molecule has 1 aliphatic carbocycles. The number of halogens is 1. The van der Waals surface area contributed by atoms with Crippen molar-refractivity contribution in [1.82, 2.24) is 5.32 Å². The molecule has 2 nitrogen and oxygen atoms in total. The van der Waals surface area contributed by atoms with Crippen LogP contribution < -0.4 is 10.2 Å². The van der Waals surface area contributed by atoms with Crippen LogP contribution in [0.2, 0.25) is 5.02 Å². The van der Waals surface area contributed by atoms with Gasteiger partial charge in [-0.1, -0.05) is 38.4 Å². The fourth-order valence-corrected chi connectivity index (χ4v) is 3.05. The van der Waals surface area contributed by atoms with E-state index >= 15 is 0 Å². The van der Waals surface area contributed by atoms with E-state index in [0.717, 1.165) is 24.2 Å². The maximum absolute atomic E-state index is 6.50. The fraction of sp³-hybridized carbons (Fsp3) is 0.647. The Morgan fingerprint density at radius 3 is 2.50 bits per heavy atom. The summed E-state index contributed by atoms with van der Waals surface area (Å²) in [5.74, 6) is 0.676. The van der Waals surface area contributed by atoms with Gasteiger partial charge in [0, 0.05) is 29.3 Å². The van der Waals surface area contributed by atoms with Crippen LogP contribution in [0.3, 0.4) is 0 Å². The Labute approximate surface area is 128 Å². The highest BCUT2D eigenvalue weighted by Gasteiger charge is 2.29. The van der Waals surface area contributed by atoms with E-state index in [2.05, 4.69) is 56.1 Å². The van der Waals surface area contributed by atoms with Gasteiger partial charge in [0.2, 0.25) is 0 Å². The van der Waals surface area contributed by atoms with Gasteiger partial charge in [-0.05, 0) is 49.9 Å². The third kappa shape index (κ3) is 3.89. The lowest BCUT2D eigenvalue weighted by atomic mass is 10.1. The molecule has 0 spiro atoms. The zero-order chi connectivity index (χ0) is 14.7. The molecule has 1 unspecified atom stereocenters. The molecule has 0 radical (unpaired) electrons. The molecule has 2 rings (SSSR count). The molecule has 1 fully saturated rings. The summed E-state index contributed by atoms with van der Waals surface area (Å²) in [6, 6.07) is 7.59. The van der Waals surface area contributed by atoms with Crippen molar-refractivity contribution in [3.63, 3.8) is 0 Å². The summed E-state index contributed by atoms with van der Waals surface area (Å²) in [6.45, 7) is 10.9. The van der Waals surface area contributed by atoms with Crippen LogP contribution in [0.1, 0.15) is 52.1 Å². The first-order valence-electron chi connectivity index (χ1n) is 7.82.